The molecular formula is C15H25N3OS. The average Bonchev–Trinajstić information content (AvgIpc) is 3.09. The Bertz CT molecular complexity index is 417. The summed E-state index contributed by atoms with van der Waals surface area (Å²) >= 11 is 1.74. The highest BCUT2D eigenvalue weighted by molar-refractivity contribution is 7.09. The van der Waals surface area contributed by atoms with E-state index in [0.717, 1.165) is 38.6 Å². The van der Waals surface area contributed by atoms with Crippen molar-refractivity contribution in [3.05, 3.63) is 16.1 Å². The summed E-state index contributed by atoms with van der Waals surface area (Å²) in [5.41, 5.74) is 1.23. The minimum atomic E-state index is 0.547. The van der Waals surface area contributed by atoms with Gasteiger partial charge >= 0.3 is 0 Å². The molecule has 20 heavy (non-hydrogen) atoms. The van der Waals surface area contributed by atoms with Crippen LogP contribution in [0.2, 0.25) is 0 Å². The molecule has 2 N–H and O–H groups in total. The van der Waals surface area contributed by atoms with Crippen LogP contribution in [0, 0.1) is 12.8 Å². The summed E-state index contributed by atoms with van der Waals surface area (Å²) in [6, 6.07) is 1.19. The van der Waals surface area contributed by atoms with Crippen molar-refractivity contribution in [2.45, 2.75) is 44.7 Å². The minimum absolute atomic E-state index is 0.547. The zero-order chi connectivity index (χ0) is 13.8. The topological polar surface area (TPSA) is 46.2 Å². The maximum atomic E-state index is 5.62. The SMILES string of the molecule is Cc1nc(CCNC2CCCC2C2COCCN2)cs1. The molecule has 3 atom stereocenters. The highest BCUT2D eigenvalue weighted by Gasteiger charge is 2.34. The molecule has 0 spiro atoms. The van der Waals surface area contributed by atoms with Crippen LogP contribution in [-0.2, 0) is 11.2 Å². The Kier molecular flexibility index (Phi) is 5.04. The van der Waals surface area contributed by atoms with Crippen LogP contribution in [-0.4, -0.2) is 43.4 Å². The minimum Gasteiger partial charge on any atom is -0.379 e. The Morgan fingerprint density at radius 2 is 2.45 bits per heavy atom. The molecule has 5 heteroatoms. The number of ether oxygens (including phenoxy) is 1. The molecule has 0 radical (unpaired) electrons. The van der Waals surface area contributed by atoms with Gasteiger partial charge in [-0.1, -0.05) is 6.42 Å². The van der Waals surface area contributed by atoms with Gasteiger partial charge in [-0.25, -0.2) is 4.98 Å². The Morgan fingerprint density at radius 1 is 1.50 bits per heavy atom. The van der Waals surface area contributed by atoms with E-state index in [2.05, 4.69) is 27.9 Å². The smallest absolute Gasteiger partial charge is 0.0897 e. The molecule has 1 saturated carbocycles. The number of hydrogen-bond donors (Lipinski definition) is 2. The van der Waals surface area contributed by atoms with Gasteiger partial charge in [0, 0.05) is 37.0 Å². The lowest BCUT2D eigenvalue weighted by Gasteiger charge is -2.33. The quantitative estimate of drug-likeness (QED) is 0.868. The van der Waals surface area contributed by atoms with Gasteiger partial charge in [0.1, 0.15) is 0 Å². The van der Waals surface area contributed by atoms with Crippen molar-refractivity contribution in [1.82, 2.24) is 15.6 Å². The molecule has 2 aliphatic rings. The molecule has 1 aromatic heterocycles. The summed E-state index contributed by atoms with van der Waals surface area (Å²) in [4.78, 5) is 4.53. The van der Waals surface area contributed by atoms with Gasteiger partial charge in [-0.2, -0.15) is 0 Å². The van der Waals surface area contributed by atoms with E-state index in [1.54, 1.807) is 11.3 Å². The van der Waals surface area contributed by atoms with Crippen LogP contribution in [0.1, 0.15) is 30.0 Å². The fourth-order valence-corrected chi connectivity index (χ4v) is 4.14. The fraction of sp³-hybridized carbons (Fsp3) is 0.800. The lowest BCUT2D eigenvalue weighted by atomic mass is 9.94. The molecule has 1 aliphatic heterocycles. The van der Waals surface area contributed by atoms with Crippen molar-refractivity contribution in [2.24, 2.45) is 5.92 Å². The van der Waals surface area contributed by atoms with E-state index in [-0.39, 0.29) is 0 Å². The molecule has 0 amide bonds. The third-order valence-corrected chi connectivity index (χ3v) is 5.31. The largest absolute Gasteiger partial charge is 0.379 e. The lowest BCUT2D eigenvalue weighted by molar-refractivity contribution is 0.0526. The van der Waals surface area contributed by atoms with Crippen molar-refractivity contribution in [3.63, 3.8) is 0 Å². The Morgan fingerprint density at radius 3 is 3.20 bits per heavy atom. The molecule has 1 saturated heterocycles. The van der Waals surface area contributed by atoms with E-state index in [0.29, 0.717) is 12.1 Å². The number of aryl methyl sites for hydroxylation is 1. The van der Waals surface area contributed by atoms with Crippen LogP contribution >= 0.6 is 11.3 Å². The van der Waals surface area contributed by atoms with Crippen molar-refractivity contribution in [3.8, 4) is 0 Å². The zero-order valence-electron chi connectivity index (χ0n) is 12.2. The summed E-state index contributed by atoms with van der Waals surface area (Å²) in [6.45, 7) is 5.87. The third-order valence-electron chi connectivity index (χ3n) is 4.49. The first-order valence-corrected chi connectivity index (χ1v) is 8.66. The highest BCUT2D eigenvalue weighted by Crippen LogP contribution is 2.29. The number of hydrogen-bond acceptors (Lipinski definition) is 5. The van der Waals surface area contributed by atoms with Gasteiger partial charge < -0.3 is 15.4 Å². The summed E-state index contributed by atoms with van der Waals surface area (Å²) in [5, 5.41) is 10.7. The average molecular weight is 295 g/mol. The second kappa shape index (κ2) is 6.98. The summed E-state index contributed by atoms with van der Waals surface area (Å²) < 4.78 is 5.62. The summed E-state index contributed by atoms with van der Waals surface area (Å²) in [5.74, 6) is 0.729. The Balaban J connectivity index is 1.46. The van der Waals surface area contributed by atoms with Gasteiger partial charge in [-0.05, 0) is 25.7 Å². The second-order valence-corrected chi connectivity index (χ2v) is 6.96. The van der Waals surface area contributed by atoms with Gasteiger partial charge in [0.05, 0.1) is 23.9 Å². The monoisotopic (exact) mass is 295 g/mol. The van der Waals surface area contributed by atoms with Crippen molar-refractivity contribution >= 4 is 11.3 Å². The van der Waals surface area contributed by atoms with Crippen LogP contribution in [0.3, 0.4) is 0 Å². The number of nitrogens with zero attached hydrogens (tertiary/aromatic N) is 1. The molecule has 0 aromatic carbocycles. The molecule has 2 heterocycles. The van der Waals surface area contributed by atoms with Crippen LogP contribution < -0.4 is 10.6 Å². The zero-order valence-corrected chi connectivity index (χ0v) is 13.0. The lowest BCUT2D eigenvalue weighted by Crippen LogP contribution is -2.51. The Hall–Kier alpha value is -0.490. The first kappa shape index (κ1) is 14.4. The molecule has 3 rings (SSSR count). The second-order valence-electron chi connectivity index (χ2n) is 5.90. The molecule has 112 valence electrons. The van der Waals surface area contributed by atoms with E-state index in [1.807, 2.05) is 0 Å². The van der Waals surface area contributed by atoms with Crippen LogP contribution in [0.15, 0.2) is 5.38 Å². The van der Waals surface area contributed by atoms with Crippen molar-refractivity contribution in [1.29, 1.82) is 0 Å². The van der Waals surface area contributed by atoms with Crippen LogP contribution in [0.5, 0.6) is 0 Å². The summed E-state index contributed by atoms with van der Waals surface area (Å²) in [7, 11) is 0. The van der Waals surface area contributed by atoms with Gasteiger partial charge in [0.2, 0.25) is 0 Å². The first-order valence-electron chi connectivity index (χ1n) is 7.78. The predicted molar refractivity (Wildman–Crippen MR) is 82.3 cm³/mol. The van der Waals surface area contributed by atoms with E-state index in [9.17, 15) is 0 Å². The number of rotatable bonds is 5. The first-order chi connectivity index (χ1) is 9.83. The number of aromatic nitrogens is 1. The van der Waals surface area contributed by atoms with Crippen LogP contribution in [0.25, 0.3) is 0 Å². The standard InChI is InChI=1S/C15H25N3OS/c1-11-18-12(10-20-11)5-6-16-14-4-2-3-13(14)15-9-19-8-7-17-15/h10,13-17H,2-9H2,1H3. The molecular weight excluding hydrogens is 270 g/mol. The number of nitrogens with one attached hydrogen (secondary N) is 2. The molecule has 3 unspecified atom stereocenters. The highest BCUT2D eigenvalue weighted by atomic mass is 32.1. The van der Waals surface area contributed by atoms with E-state index >= 15 is 0 Å². The summed E-state index contributed by atoms with van der Waals surface area (Å²) in [6.07, 6.45) is 5.02. The molecule has 1 aliphatic carbocycles. The molecule has 0 bridgehead atoms. The number of morpholine rings is 1. The molecule has 1 aromatic rings. The van der Waals surface area contributed by atoms with Gasteiger partial charge in [-0.3, -0.25) is 0 Å². The van der Waals surface area contributed by atoms with Crippen molar-refractivity contribution in [2.75, 3.05) is 26.3 Å². The van der Waals surface area contributed by atoms with Crippen LogP contribution in [0.4, 0.5) is 0 Å². The molecule has 4 nitrogen and oxygen atoms in total. The maximum Gasteiger partial charge on any atom is 0.0897 e. The van der Waals surface area contributed by atoms with Gasteiger partial charge in [0.25, 0.3) is 0 Å². The normalized spacial score (nSPS) is 30.8. The van der Waals surface area contributed by atoms with E-state index in [4.69, 9.17) is 4.74 Å². The maximum absolute atomic E-state index is 5.62. The van der Waals surface area contributed by atoms with Gasteiger partial charge in [0.15, 0.2) is 0 Å². The van der Waals surface area contributed by atoms with E-state index < -0.39 is 0 Å². The molecule has 2 fully saturated rings. The third kappa shape index (κ3) is 3.58. The number of thiazole rings is 1. The van der Waals surface area contributed by atoms with E-state index in [1.165, 1.54) is 30.0 Å². The predicted octanol–water partition coefficient (Wildman–Crippen LogP) is 1.74. The Labute approximate surface area is 125 Å². The van der Waals surface area contributed by atoms with Gasteiger partial charge in [-0.15, -0.1) is 11.3 Å². The van der Waals surface area contributed by atoms with Crippen molar-refractivity contribution < 1.29 is 4.74 Å². The fourth-order valence-electron chi connectivity index (χ4n) is 3.49.